The van der Waals surface area contributed by atoms with Crippen molar-refractivity contribution in [1.82, 2.24) is 9.97 Å². The van der Waals surface area contributed by atoms with E-state index in [9.17, 15) is 0 Å². The van der Waals surface area contributed by atoms with Crippen LogP contribution in [0.15, 0.2) is 6.20 Å². The second kappa shape index (κ2) is 4.94. The van der Waals surface area contributed by atoms with Crippen molar-refractivity contribution in [2.75, 3.05) is 5.75 Å². The summed E-state index contributed by atoms with van der Waals surface area (Å²) >= 11 is 1.86. The van der Waals surface area contributed by atoms with Gasteiger partial charge in [0.25, 0.3) is 0 Å². The number of fused-ring (bicyclic) bond motifs is 1. The van der Waals surface area contributed by atoms with Crippen LogP contribution >= 0.6 is 11.8 Å². The quantitative estimate of drug-likeness (QED) is 0.897. The summed E-state index contributed by atoms with van der Waals surface area (Å²) in [5.74, 6) is 2.95. The molecular weight excluding hydrogens is 230 g/mol. The van der Waals surface area contributed by atoms with Crippen molar-refractivity contribution < 1.29 is 0 Å². The van der Waals surface area contributed by atoms with Gasteiger partial charge in [-0.1, -0.05) is 20.8 Å². The molecule has 94 valence electrons. The van der Waals surface area contributed by atoms with E-state index in [-0.39, 0.29) is 11.5 Å². The Morgan fingerprint density at radius 2 is 2.29 bits per heavy atom. The molecule has 0 radical (unpaired) electrons. The number of aromatic nitrogens is 2. The maximum absolute atomic E-state index is 6.19. The number of hydrogen-bond acceptors (Lipinski definition) is 4. The number of rotatable bonds is 3. The molecule has 1 unspecified atom stereocenters. The van der Waals surface area contributed by atoms with Crippen LogP contribution in [-0.2, 0) is 12.2 Å². The van der Waals surface area contributed by atoms with Gasteiger partial charge in [0.1, 0.15) is 5.82 Å². The van der Waals surface area contributed by atoms with Crippen LogP contribution in [0.4, 0.5) is 0 Å². The van der Waals surface area contributed by atoms with Crippen molar-refractivity contribution in [3.63, 3.8) is 0 Å². The highest BCUT2D eigenvalue weighted by molar-refractivity contribution is 7.98. The smallest absolute Gasteiger partial charge is 0.138 e. The van der Waals surface area contributed by atoms with Gasteiger partial charge in [-0.25, -0.2) is 9.97 Å². The predicted octanol–water partition coefficient (Wildman–Crippen LogP) is 2.70. The molecular formula is C13H21N3S. The van der Waals surface area contributed by atoms with E-state index >= 15 is 0 Å². The molecule has 1 heterocycles. The fourth-order valence-corrected chi connectivity index (χ4v) is 2.94. The van der Waals surface area contributed by atoms with Gasteiger partial charge in [0.15, 0.2) is 0 Å². The van der Waals surface area contributed by atoms with Gasteiger partial charge in [-0.2, -0.15) is 11.8 Å². The van der Waals surface area contributed by atoms with Crippen LogP contribution in [0.5, 0.6) is 0 Å². The monoisotopic (exact) mass is 251 g/mol. The minimum atomic E-state index is 0.0987. The van der Waals surface area contributed by atoms with Crippen LogP contribution in [0, 0.1) is 5.41 Å². The van der Waals surface area contributed by atoms with Crippen LogP contribution in [0.3, 0.4) is 0 Å². The van der Waals surface area contributed by atoms with E-state index < -0.39 is 0 Å². The minimum absolute atomic E-state index is 0.0987. The molecule has 0 amide bonds. The molecule has 2 N–H and O–H groups in total. The van der Waals surface area contributed by atoms with Crippen molar-refractivity contribution in [1.29, 1.82) is 0 Å². The molecule has 0 aliphatic heterocycles. The summed E-state index contributed by atoms with van der Waals surface area (Å²) in [6, 6.07) is 0.0987. The summed E-state index contributed by atoms with van der Waals surface area (Å²) in [5.41, 5.74) is 8.76. The lowest BCUT2D eigenvalue weighted by atomic mass is 9.74. The molecule has 4 heteroatoms. The van der Waals surface area contributed by atoms with E-state index in [2.05, 4.69) is 30.7 Å². The molecule has 0 bridgehead atoms. The number of nitrogens with two attached hydrogens (primary N) is 1. The molecule has 0 saturated heterocycles. The standard InChI is InChI=1S/C13H21N3S/c1-4-17-8-12-15-7-9-10(14)5-13(2,3)6-11(9)16-12/h7,10H,4-6,8,14H2,1-3H3. The van der Waals surface area contributed by atoms with E-state index in [1.54, 1.807) is 0 Å². The zero-order valence-electron chi connectivity index (χ0n) is 10.9. The van der Waals surface area contributed by atoms with Gasteiger partial charge in [-0.3, -0.25) is 0 Å². The molecule has 3 nitrogen and oxygen atoms in total. The van der Waals surface area contributed by atoms with E-state index in [0.29, 0.717) is 0 Å². The third-order valence-electron chi connectivity index (χ3n) is 3.20. The Kier molecular flexibility index (Phi) is 3.73. The zero-order chi connectivity index (χ0) is 12.5. The summed E-state index contributed by atoms with van der Waals surface area (Å²) in [6.45, 7) is 6.68. The lowest BCUT2D eigenvalue weighted by Crippen LogP contribution is -2.31. The topological polar surface area (TPSA) is 51.8 Å². The van der Waals surface area contributed by atoms with Gasteiger partial charge in [0.2, 0.25) is 0 Å². The van der Waals surface area contributed by atoms with Crippen LogP contribution < -0.4 is 5.73 Å². The molecule has 1 aliphatic rings. The second-order valence-corrected chi connectivity index (χ2v) is 6.75. The highest BCUT2D eigenvalue weighted by atomic mass is 32.2. The van der Waals surface area contributed by atoms with Gasteiger partial charge < -0.3 is 5.73 Å². The molecule has 2 rings (SSSR count). The second-order valence-electron chi connectivity index (χ2n) is 5.48. The third kappa shape index (κ3) is 2.99. The van der Waals surface area contributed by atoms with Crippen molar-refractivity contribution in [3.05, 3.63) is 23.3 Å². The van der Waals surface area contributed by atoms with Crippen molar-refractivity contribution in [3.8, 4) is 0 Å². The van der Waals surface area contributed by atoms with Gasteiger partial charge >= 0.3 is 0 Å². The van der Waals surface area contributed by atoms with E-state index in [0.717, 1.165) is 41.4 Å². The first-order valence-corrected chi connectivity index (χ1v) is 7.35. The highest BCUT2D eigenvalue weighted by Crippen LogP contribution is 2.38. The molecule has 1 aromatic heterocycles. The van der Waals surface area contributed by atoms with E-state index in [1.165, 1.54) is 0 Å². The molecule has 1 atom stereocenters. The van der Waals surface area contributed by atoms with Crippen LogP contribution in [0.25, 0.3) is 0 Å². The molecule has 0 spiro atoms. The highest BCUT2D eigenvalue weighted by Gasteiger charge is 2.31. The summed E-state index contributed by atoms with van der Waals surface area (Å²) in [7, 11) is 0. The largest absolute Gasteiger partial charge is 0.324 e. The summed E-state index contributed by atoms with van der Waals surface area (Å²) in [5, 5.41) is 0. The molecule has 0 fully saturated rings. The Morgan fingerprint density at radius 3 is 3.00 bits per heavy atom. The summed E-state index contributed by atoms with van der Waals surface area (Å²) < 4.78 is 0. The molecule has 0 aromatic carbocycles. The summed E-state index contributed by atoms with van der Waals surface area (Å²) in [6.07, 6.45) is 3.97. The van der Waals surface area contributed by atoms with Crippen molar-refractivity contribution in [2.45, 2.75) is 45.4 Å². The fourth-order valence-electron chi connectivity index (χ4n) is 2.41. The Morgan fingerprint density at radius 1 is 1.53 bits per heavy atom. The Bertz CT molecular complexity index is 404. The Hall–Kier alpha value is -0.610. The van der Waals surface area contributed by atoms with Crippen LogP contribution in [-0.4, -0.2) is 15.7 Å². The summed E-state index contributed by atoms with van der Waals surface area (Å²) in [4.78, 5) is 9.10. The van der Waals surface area contributed by atoms with Gasteiger partial charge in [0, 0.05) is 23.5 Å². The number of nitrogens with zero attached hydrogens (tertiary/aromatic N) is 2. The molecule has 1 aliphatic carbocycles. The average molecular weight is 251 g/mol. The van der Waals surface area contributed by atoms with Crippen molar-refractivity contribution in [2.24, 2.45) is 11.1 Å². The maximum Gasteiger partial charge on any atom is 0.138 e. The first kappa shape index (κ1) is 12.8. The lowest BCUT2D eigenvalue weighted by Gasteiger charge is -2.34. The number of thioether (sulfide) groups is 1. The number of hydrogen-bond donors (Lipinski definition) is 1. The third-order valence-corrected chi connectivity index (χ3v) is 4.07. The predicted molar refractivity (Wildman–Crippen MR) is 72.9 cm³/mol. The normalized spacial score (nSPS) is 22.2. The average Bonchev–Trinajstić information content (AvgIpc) is 2.24. The lowest BCUT2D eigenvalue weighted by molar-refractivity contribution is 0.277. The van der Waals surface area contributed by atoms with E-state index in [1.807, 2.05) is 18.0 Å². The van der Waals surface area contributed by atoms with Crippen LogP contribution in [0.2, 0.25) is 0 Å². The minimum Gasteiger partial charge on any atom is -0.324 e. The Balaban J connectivity index is 2.25. The van der Waals surface area contributed by atoms with Gasteiger partial charge in [-0.05, 0) is 24.0 Å². The molecule has 0 saturated carbocycles. The fraction of sp³-hybridized carbons (Fsp3) is 0.692. The first-order chi connectivity index (χ1) is 8.02. The first-order valence-electron chi connectivity index (χ1n) is 6.20. The SMILES string of the molecule is CCSCc1ncc2c(n1)CC(C)(C)CC2N. The molecule has 17 heavy (non-hydrogen) atoms. The van der Waals surface area contributed by atoms with Crippen molar-refractivity contribution >= 4 is 11.8 Å². The molecule has 1 aromatic rings. The van der Waals surface area contributed by atoms with Gasteiger partial charge in [0.05, 0.1) is 5.75 Å². The van der Waals surface area contributed by atoms with Crippen LogP contribution in [0.1, 0.15) is 50.3 Å². The van der Waals surface area contributed by atoms with E-state index in [4.69, 9.17) is 5.73 Å². The van der Waals surface area contributed by atoms with Gasteiger partial charge in [-0.15, -0.1) is 0 Å². The Labute approximate surface area is 108 Å². The maximum atomic E-state index is 6.19. The zero-order valence-corrected chi connectivity index (χ0v) is 11.7.